The summed E-state index contributed by atoms with van der Waals surface area (Å²) in [5, 5.41) is 3.78. The molecule has 8 nitrogen and oxygen atoms in total. The number of aryl methyl sites for hydroxylation is 2. The van der Waals surface area contributed by atoms with Gasteiger partial charge in [-0.3, -0.25) is 0 Å². The van der Waals surface area contributed by atoms with Crippen LogP contribution in [0.4, 0.5) is 5.82 Å². The number of anilines is 1. The molecular formula is C11H15N5O3. The lowest BCUT2D eigenvalue weighted by atomic mass is 10.4. The van der Waals surface area contributed by atoms with Crippen molar-refractivity contribution in [2.24, 2.45) is 0 Å². The molecule has 8 heteroatoms. The van der Waals surface area contributed by atoms with Crippen LogP contribution in [0.5, 0.6) is 0 Å². The summed E-state index contributed by atoms with van der Waals surface area (Å²) < 4.78 is 11.4. The zero-order chi connectivity index (χ0) is 14.0. The summed E-state index contributed by atoms with van der Waals surface area (Å²) in [5.41, 5.74) is 6.01. The highest BCUT2D eigenvalue weighted by atomic mass is 16.5. The summed E-state index contributed by atoms with van der Waals surface area (Å²) in [6.07, 6.45) is 0. The lowest BCUT2D eigenvalue weighted by Crippen LogP contribution is -2.11. The van der Waals surface area contributed by atoms with Gasteiger partial charge in [-0.2, -0.15) is 4.98 Å². The molecule has 0 amide bonds. The van der Waals surface area contributed by atoms with Gasteiger partial charge in [0.15, 0.2) is 11.5 Å². The van der Waals surface area contributed by atoms with Gasteiger partial charge in [-0.05, 0) is 13.8 Å². The number of rotatable bonds is 4. The van der Waals surface area contributed by atoms with Crippen molar-refractivity contribution in [1.29, 1.82) is 0 Å². The van der Waals surface area contributed by atoms with Crippen molar-refractivity contribution in [3.8, 4) is 0 Å². The van der Waals surface area contributed by atoms with E-state index in [4.69, 9.17) is 15.0 Å². The zero-order valence-electron chi connectivity index (χ0n) is 11.0. The van der Waals surface area contributed by atoms with E-state index in [-0.39, 0.29) is 18.1 Å². The van der Waals surface area contributed by atoms with Gasteiger partial charge >= 0.3 is 5.97 Å². The second-order valence-corrected chi connectivity index (χ2v) is 3.93. The lowest BCUT2D eigenvalue weighted by Gasteiger charge is -2.04. The third-order valence-electron chi connectivity index (χ3n) is 2.54. The molecule has 2 heterocycles. The molecule has 0 fully saturated rings. The van der Waals surface area contributed by atoms with Crippen molar-refractivity contribution in [2.75, 3.05) is 12.3 Å². The van der Waals surface area contributed by atoms with E-state index in [0.29, 0.717) is 24.1 Å². The van der Waals surface area contributed by atoms with E-state index in [1.54, 1.807) is 25.3 Å². The van der Waals surface area contributed by atoms with E-state index in [2.05, 4.69) is 15.1 Å². The maximum atomic E-state index is 11.7. The molecule has 0 aliphatic rings. The smallest absolute Gasteiger partial charge is 0.360 e. The molecule has 0 saturated carbocycles. The first-order valence-electron chi connectivity index (χ1n) is 5.81. The van der Waals surface area contributed by atoms with Gasteiger partial charge in [-0.15, -0.1) is 0 Å². The van der Waals surface area contributed by atoms with Crippen LogP contribution < -0.4 is 5.73 Å². The Morgan fingerprint density at radius 2 is 2.16 bits per heavy atom. The summed E-state index contributed by atoms with van der Waals surface area (Å²) in [6, 6.07) is 0. The van der Waals surface area contributed by atoms with Crippen molar-refractivity contribution in [3.05, 3.63) is 23.2 Å². The minimum Gasteiger partial charge on any atom is -0.461 e. The van der Waals surface area contributed by atoms with Crippen LogP contribution in [-0.4, -0.2) is 32.3 Å². The third-order valence-corrected chi connectivity index (χ3v) is 2.54. The highest BCUT2D eigenvalue weighted by molar-refractivity contribution is 5.92. The Morgan fingerprint density at radius 3 is 2.74 bits per heavy atom. The summed E-state index contributed by atoms with van der Waals surface area (Å²) in [4.78, 5) is 19.8. The van der Waals surface area contributed by atoms with Gasteiger partial charge < -0.3 is 19.6 Å². The minimum atomic E-state index is -0.536. The molecule has 0 aromatic carbocycles. The monoisotopic (exact) mass is 265 g/mol. The van der Waals surface area contributed by atoms with E-state index in [1.165, 1.54) is 0 Å². The fourth-order valence-electron chi connectivity index (χ4n) is 1.68. The number of nitrogens with two attached hydrogens (primary N) is 1. The number of aromatic nitrogens is 4. The number of imidazole rings is 1. The Labute approximate surface area is 109 Å². The molecule has 2 N–H and O–H groups in total. The predicted molar refractivity (Wildman–Crippen MR) is 65.5 cm³/mol. The fraction of sp³-hybridized carbons (Fsp3) is 0.455. The van der Waals surface area contributed by atoms with Crippen molar-refractivity contribution < 1.29 is 14.1 Å². The molecule has 0 atom stereocenters. The molecule has 0 spiro atoms. The van der Waals surface area contributed by atoms with Crippen LogP contribution in [0, 0.1) is 13.8 Å². The van der Waals surface area contributed by atoms with Gasteiger partial charge in [0.1, 0.15) is 11.6 Å². The normalized spacial score (nSPS) is 10.7. The molecule has 19 heavy (non-hydrogen) atoms. The highest BCUT2D eigenvalue weighted by Crippen LogP contribution is 2.16. The first-order chi connectivity index (χ1) is 9.02. The number of nitrogens with zero attached hydrogens (tertiary/aromatic N) is 4. The Bertz CT molecular complexity index is 601. The van der Waals surface area contributed by atoms with Gasteiger partial charge in [0.05, 0.1) is 13.2 Å². The van der Waals surface area contributed by atoms with Gasteiger partial charge in [0.25, 0.3) is 0 Å². The van der Waals surface area contributed by atoms with E-state index in [9.17, 15) is 4.79 Å². The van der Waals surface area contributed by atoms with Crippen molar-refractivity contribution in [1.82, 2.24) is 19.7 Å². The van der Waals surface area contributed by atoms with E-state index >= 15 is 0 Å². The molecule has 102 valence electrons. The SMILES string of the molecule is CCOC(=O)c1nc(C)n(Cc2noc(C)n2)c1N. The minimum absolute atomic E-state index is 0.111. The molecule has 0 unspecified atom stereocenters. The van der Waals surface area contributed by atoms with Gasteiger partial charge in [0.2, 0.25) is 5.89 Å². The van der Waals surface area contributed by atoms with E-state index < -0.39 is 5.97 Å². The Kier molecular flexibility index (Phi) is 3.50. The van der Waals surface area contributed by atoms with Crippen LogP contribution in [0.15, 0.2) is 4.52 Å². The molecule has 2 aromatic rings. The molecule has 2 rings (SSSR count). The molecule has 0 saturated heterocycles. The Morgan fingerprint density at radius 1 is 1.42 bits per heavy atom. The Balaban J connectivity index is 2.29. The van der Waals surface area contributed by atoms with Crippen molar-refractivity contribution in [3.63, 3.8) is 0 Å². The molecule has 0 radical (unpaired) electrons. The lowest BCUT2D eigenvalue weighted by molar-refractivity contribution is 0.0521. The fourth-order valence-corrected chi connectivity index (χ4v) is 1.68. The summed E-state index contributed by atoms with van der Waals surface area (Å²) in [6.45, 7) is 5.73. The molecule has 0 aliphatic heterocycles. The number of ether oxygens (including phenoxy) is 1. The number of hydrogen-bond acceptors (Lipinski definition) is 7. The van der Waals surface area contributed by atoms with Crippen LogP contribution in [0.3, 0.4) is 0 Å². The van der Waals surface area contributed by atoms with E-state index in [1.807, 2.05) is 0 Å². The third kappa shape index (κ3) is 2.56. The van der Waals surface area contributed by atoms with Gasteiger partial charge in [-0.1, -0.05) is 5.16 Å². The van der Waals surface area contributed by atoms with Crippen LogP contribution >= 0.6 is 0 Å². The second-order valence-electron chi connectivity index (χ2n) is 3.93. The number of carbonyl (C=O) groups is 1. The maximum Gasteiger partial charge on any atom is 0.360 e. The van der Waals surface area contributed by atoms with Crippen LogP contribution in [-0.2, 0) is 11.3 Å². The van der Waals surface area contributed by atoms with Gasteiger partial charge in [-0.25, -0.2) is 9.78 Å². The quantitative estimate of drug-likeness (QED) is 0.810. The van der Waals surface area contributed by atoms with E-state index in [0.717, 1.165) is 0 Å². The van der Waals surface area contributed by atoms with Crippen LogP contribution in [0.25, 0.3) is 0 Å². The van der Waals surface area contributed by atoms with Crippen molar-refractivity contribution in [2.45, 2.75) is 27.3 Å². The molecule has 2 aromatic heterocycles. The topological polar surface area (TPSA) is 109 Å². The second kappa shape index (κ2) is 5.09. The average molecular weight is 265 g/mol. The molecule has 0 aliphatic carbocycles. The molecular weight excluding hydrogens is 250 g/mol. The first-order valence-corrected chi connectivity index (χ1v) is 5.81. The standard InChI is InChI=1S/C11H15N5O3/c1-4-18-11(17)9-10(12)16(6(2)13-9)5-8-14-7(3)19-15-8/h4-5,12H2,1-3H3. The van der Waals surface area contributed by atoms with Crippen LogP contribution in [0.1, 0.15) is 35.0 Å². The summed E-state index contributed by atoms with van der Waals surface area (Å²) in [5.74, 6) is 1.23. The number of carbonyl (C=O) groups excluding carboxylic acids is 1. The summed E-state index contributed by atoms with van der Waals surface area (Å²) >= 11 is 0. The predicted octanol–water partition coefficient (Wildman–Crippen LogP) is 0.690. The number of nitrogen functional groups attached to an aromatic ring is 1. The van der Waals surface area contributed by atoms with Crippen LogP contribution in [0.2, 0.25) is 0 Å². The van der Waals surface area contributed by atoms with Crippen molar-refractivity contribution >= 4 is 11.8 Å². The summed E-state index contributed by atoms with van der Waals surface area (Å²) in [7, 11) is 0. The maximum absolute atomic E-state index is 11.7. The Hall–Kier alpha value is -2.38. The zero-order valence-corrected chi connectivity index (χ0v) is 11.0. The largest absolute Gasteiger partial charge is 0.461 e. The first kappa shape index (κ1) is 13.1. The highest BCUT2D eigenvalue weighted by Gasteiger charge is 2.20. The average Bonchev–Trinajstić information content (AvgIpc) is 2.88. The molecule has 0 bridgehead atoms. The number of hydrogen-bond donors (Lipinski definition) is 1. The number of esters is 1. The van der Waals surface area contributed by atoms with Gasteiger partial charge in [0, 0.05) is 6.92 Å².